The van der Waals surface area contributed by atoms with E-state index in [-0.39, 0.29) is 11.7 Å². The molecular formula is C13H14N2O3. The summed E-state index contributed by atoms with van der Waals surface area (Å²) in [6.45, 7) is 3.77. The summed E-state index contributed by atoms with van der Waals surface area (Å²) in [5.41, 5.74) is 1.54. The molecule has 5 heteroatoms. The average molecular weight is 246 g/mol. The molecule has 0 aliphatic carbocycles. The monoisotopic (exact) mass is 246 g/mol. The van der Waals surface area contributed by atoms with Gasteiger partial charge in [-0.1, -0.05) is 0 Å². The number of H-pyrrole nitrogens is 1. The zero-order chi connectivity index (χ0) is 12.9. The smallest absolute Gasteiger partial charge is 0.258 e. The number of benzene rings is 1. The zero-order valence-corrected chi connectivity index (χ0v) is 10.5. The maximum atomic E-state index is 12.0. The number of aromatic amines is 1. The third-order valence-corrected chi connectivity index (χ3v) is 3.16. The summed E-state index contributed by atoms with van der Waals surface area (Å²) in [4.78, 5) is 19.1. The molecule has 18 heavy (non-hydrogen) atoms. The number of fused-ring (bicyclic) bond motifs is 3. The highest BCUT2D eigenvalue weighted by atomic mass is 16.5. The summed E-state index contributed by atoms with van der Waals surface area (Å²) in [6.07, 6.45) is 0.833. The molecular weight excluding hydrogens is 232 g/mol. The summed E-state index contributed by atoms with van der Waals surface area (Å²) in [6, 6.07) is 1.69. The Kier molecular flexibility index (Phi) is 2.29. The van der Waals surface area contributed by atoms with Crippen LogP contribution in [0.25, 0.3) is 10.9 Å². The second-order valence-electron chi connectivity index (χ2n) is 4.57. The van der Waals surface area contributed by atoms with Gasteiger partial charge in [0.1, 0.15) is 11.9 Å². The molecule has 1 aromatic heterocycles. The van der Waals surface area contributed by atoms with Gasteiger partial charge in [0, 0.05) is 12.0 Å². The molecule has 1 aliphatic rings. The largest absolute Gasteiger partial charge is 0.493 e. The van der Waals surface area contributed by atoms with Crippen LogP contribution in [0.3, 0.4) is 0 Å². The lowest BCUT2D eigenvalue weighted by Crippen LogP contribution is -2.11. The summed E-state index contributed by atoms with van der Waals surface area (Å²) in [7, 11) is 1.57. The van der Waals surface area contributed by atoms with Crippen LogP contribution in [-0.2, 0) is 6.42 Å². The lowest BCUT2D eigenvalue weighted by atomic mass is 10.1. The molecule has 1 aliphatic heterocycles. The first kappa shape index (κ1) is 11.1. The highest BCUT2D eigenvalue weighted by molar-refractivity contribution is 5.86. The topological polar surface area (TPSA) is 64.2 Å². The van der Waals surface area contributed by atoms with Crippen LogP contribution in [-0.4, -0.2) is 23.2 Å². The molecule has 2 aromatic rings. The second-order valence-corrected chi connectivity index (χ2v) is 4.57. The van der Waals surface area contributed by atoms with Crippen molar-refractivity contribution in [2.45, 2.75) is 26.4 Å². The van der Waals surface area contributed by atoms with Crippen molar-refractivity contribution in [2.75, 3.05) is 7.11 Å². The first-order valence-corrected chi connectivity index (χ1v) is 5.87. The number of nitrogens with zero attached hydrogens (tertiary/aromatic N) is 1. The predicted molar refractivity (Wildman–Crippen MR) is 67.4 cm³/mol. The minimum Gasteiger partial charge on any atom is -0.493 e. The van der Waals surface area contributed by atoms with E-state index in [0.29, 0.717) is 17.0 Å². The van der Waals surface area contributed by atoms with E-state index in [1.807, 2.05) is 6.92 Å². The number of rotatable bonds is 1. The Morgan fingerprint density at radius 2 is 2.33 bits per heavy atom. The summed E-state index contributed by atoms with van der Waals surface area (Å²) in [5.74, 6) is 1.92. The molecule has 0 saturated carbocycles. The number of aryl methyl sites for hydroxylation is 1. The van der Waals surface area contributed by atoms with Crippen LogP contribution in [0.1, 0.15) is 18.3 Å². The van der Waals surface area contributed by atoms with Crippen molar-refractivity contribution in [1.82, 2.24) is 9.97 Å². The van der Waals surface area contributed by atoms with Crippen molar-refractivity contribution in [2.24, 2.45) is 0 Å². The molecule has 1 unspecified atom stereocenters. The van der Waals surface area contributed by atoms with Gasteiger partial charge in [-0.25, -0.2) is 4.98 Å². The van der Waals surface area contributed by atoms with Gasteiger partial charge in [0.25, 0.3) is 5.56 Å². The van der Waals surface area contributed by atoms with Crippen molar-refractivity contribution in [3.05, 3.63) is 27.8 Å². The molecule has 5 nitrogen and oxygen atoms in total. The molecule has 0 amide bonds. The fourth-order valence-electron chi connectivity index (χ4n) is 2.41. The lowest BCUT2D eigenvalue weighted by molar-refractivity contribution is 0.243. The van der Waals surface area contributed by atoms with Crippen LogP contribution in [0.4, 0.5) is 0 Å². The zero-order valence-electron chi connectivity index (χ0n) is 10.5. The minimum atomic E-state index is -0.141. The van der Waals surface area contributed by atoms with E-state index < -0.39 is 0 Å². The van der Waals surface area contributed by atoms with Gasteiger partial charge in [-0.15, -0.1) is 0 Å². The molecule has 1 atom stereocenters. The van der Waals surface area contributed by atoms with Crippen molar-refractivity contribution in [3.63, 3.8) is 0 Å². The Morgan fingerprint density at radius 3 is 3.06 bits per heavy atom. The van der Waals surface area contributed by atoms with Crippen LogP contribution in [0.15, 0.2) is 10.9 Å². The standard InChI is InChI=1S/C13H14N2O3/c1-6-4-8-11-9(13(16)15-7(2)14-11)5-10(17-3)12(8)18-6/h5-6H,4H2,1-3H3,(H,14,15,16). The Morgan fingerprint density at radius 1 is 1.56 bits per heavy atom. The Balaban J connectivity index is 2.44. The normalized spacial score (nSPS) is 17.6. The summed E-state index contributed by atoms with van der Waals surface area (Å²) >= 11 is 0. The maximum Gasteiger partial charge on any atom is 0.258 e. The molecule has 94 valence electrons. The second kappa shape index (κ2) is 3.73. The molecule has 1 N–H and O–H groups in total. The van der Waals surface area contributed by atoms with Gasteiger partial charge in [-0.05, 0) is 19.9 Å². The molecule has 0 radical (unpaired) electrons. The molecule has 2 heterocycles. The maximum absolute atomic E-state index is 12.0. The molecule has 0 saturated heterocycles. The number of methoxy groups -OCH3 is 1. The minimum absolute atomic E-state index is 0.0842. The van der Waals surface area contributed by atoms with Crippen molar-refractivity contribution in [3.8, 4) is 11.5 Å². The van der Waals surface area contributed by atoms with Crippen molar-refractivity contribution < 1.29 is 9.47 Å². The van der Waals surface area contributed by atoms with Crippen LogP contribution >= 0.6 is 0 Å². The first-order chi connectivity index (χ1) is 8.60. The van der Waals surface area contributed by atoms with Gasteiger partial charge in [-0.2, -0.15) is 0 Å². The fraction of sp³-hybridized carbons (Fsp3) is 0.385. The fourth-order valence-corrected chi connectivity index (χ4v) is 2.41. The highest BCUT2D eigenvalue weighted by Crippen LogP contribution is 2.41. The number of aromatic nitrogens is 2. The van der Waals surface area contributed by atoms with E-state index in [0.717, 1.165) is 23.3 Å². The van der Waals surface area contributed by atoms with E-state index in [1.165, 1.54) is 0 Å². The number of ether oxygens (including phenoxy) is 2. The molecule has 0 fully saturated rings. The quantitative estimate of drug-likeness (QED) is 0.829. The summed E-state index contributed by atoms with van der Waals surface area (Å²) in [5, 5.41) is 0.550. The van der Waals surface area contributed by atoms with Crippen LogP contribution in [0.2, 0.25) is 0 Å². The lowest BCUT2D eigenvalue weighted by Gasteiger charge is -2.09. The molecule has 3 rings (SSSR count). The van der Waals surface area contributed by atoms with Crippen molar-refractivity contribution in [1.29, 1.82) is 0 Å². The average Bonchev–Trinajstić information content (AvgIpc) is 2.70. The van der Waals surface area contributed by atoms with E-state index in [1.54, 1.807) is 20.1 Å². The van der Waals surface area contributed by atoms with Gasteiger partial charge in [0.05, 0.1) is 18.0 Å². The number of hydrogen-bond donors (Lipinski definition) is 1. The van der Waals surface area contributed by atoms with Crippen molar-refractivity contribution >= 4 is 10.9 Å². The number of hydrogen-bond acceptors (Lipinski definition) is 4. The Labute approximate surface area is 104 Å². The summed E-state index contributed by atoms with van der Waals surface area (Å²) < 4.78 is 11.0. The van der Waals surface area contributed by atoms with E-state index in [2.05, 4.69) is 9.97 Å². The molecule has 0 spiro atoms. The first-order valence-electron chi connectivity index (χ1n) is 5.87. The third kappa shape index (κ3) is 1.47. The van der Waals surface area contributed by atoms with Gasteiger partial charge < -0.3 is 14.5 Å². The number of nitrogens with one attached hydrogen (secondary N) is 1. The van der Waals surface area contributed by atoms with E-state index in [9.17, 15) is 4.79 Å². The van der Waals surface area contributed by atoms with Crippen LogP contribution in [0, 0.1) is 6.92 Å². The van der Waals surface area contributed by atoms with Crippen LogP contribution < -0.4 is 15.0 Å². The highest BCUT2D eigenvalue weighted by Gasteiger charge is 2.27. The van der Waals surface area contributed by atoms with Gasteiger partial charge in [0.2, 0.25) is 0 Å². The van der Waals surface area contributed by atoms with Gasteiger partial charge in [0.15, 0.2) is 11.5 Å². The Hall–Kier alpha value is -2.04. The van der Waals surface area contributed by atoms with Crippen LogP contribution in [0.5, 0.6) is 11.5 Å². The van der Waals surface area contributed by atoms with Gasteiger partial charge in [-0.3, -0.25) is 4.79 Å². The molecule has 1 aromatic carbocycles. The van der Waals surface area contributed by atoms with E-state index in [4.69, 9.17) is 9.47 Å². The predicted octanol–water partition coefficient (Wildman–Crippen LogP) is 1.56. The molecule has 0 bridgehead atoms. The van der Waals surface area contributed by atoms with E-state index >= 15 is 0 Å². The SMILES string of the molecule is COc1cc2c(=O)[nH]c(C)nc2c2c1OC(C)C2. The van der Waals surface area contributed by atoms with Gasteiger partial charge >= 0.3 is 0 Å². The Bertz CT molecular complexity index is 691. The third-order valence-electron chi connectivity index (χ3n) is 3.16.